The lowest BCUT2D eigenvalue weighted by molar-refractivity contribution is -0.266. The molecule has 1 aliphatic heterocycles. The van der Waals surface area contributed by atoms with Gasteiger partial charge in [-0.3, -0.25) is 4.79 Å². The third-order valence-electron chi connectivity index (χ3n) is 5.90. The number of nitrogens with two attached hydrogens (primary N) is 1. The Morgan fingerprint density at radius 2 is 1.97 bits per heavy atom. The van der Waals surface area contributed by atoms with Crippen LogP contribution >= 0.6 is 0 Å². The van der Waals surface area contributed by atoms with Crippen molar-refractivity contribution >= 4 is 5.97 Å². The molecule has 34 heavy (non-hydrogen) atoms. The van der Waals surface area contributed by atoms with Gasteiger partial charge < -0.3 is 34.9 Å². The summed E-state index contributed by atoms with van der Waals surface area (Å²) in [6.45, 7) is 5.86. The van der Waals surface area contributed by atoms with Crippen molar-refractivity contribution in [3.05, 3.63) is 48.6 Å². The van der Waals surface area contributed by atoms with E-state index in [1.807, 2.05) is 30.3 Å². The summed E-state index contributed by atoms with van der Waals surface area (Å²) in [6.07, 6.45) is 3.28. The van der Waals surface area contributed by atoms with Crippen LogP contribution < -0.4 is 5.73 Å². The zero-order chi connectivity index (χ0) is 24.8. The number of hydrogen-bond acceptors (Lipinski definition) is 8. The van der Waals surface area contributed by atoms with Gasteiger partial charge in [0.25, 0.3) is 0 Å². The first-order chi connectivity index (χ1) is 16.5. The maximum Gasteiger partial charge on any atom is 0.308 e. The van der Waals surface area contributed by atoms with Crippen LogP contribution in [0.15, 0.2) is 43.0 Å². The van der Waals surface area contributed by atoms with Crippen molar-refractivity contribution in [3.8, 4) is 0 Å². The molecule has 1 aliphatic rings. The van der Waals surface area contributed by atoms with E-state index < -0.39 is 43.2 Å². The van der Waals surface area contributed by atoms with Gasteiger partial charge in [-0.25, -0.2) is 0 Å². The predicted molar refractivity (Wildman–Crippen MR) is 129 cm³/mol. The molecule has 6 atom stereocenters. The van der Waals surface area contributed by atoms with Crippen LogP contribution in [0.25, 0.3) is 0 Å². The lowest BCUT2D eigenvalue weighted by Crippen LogP contribution is -2.63. The average molecular weight is 481 g/mol. The van der Waals surface area contributed by atoms with Gasteiger partial charge >= 0.3 is 5.97 Å². The van der Waals surface area contributed by atoms with Gasteiger partial charge in [0.1, 0.15) is 12.2 Å². The Morgan fingerprint density at radius 1 is 1.24 bits per heavy atom. The minimum atomic E-state index is -1.27. The molecule has 0 saturated carbocycles. The summed E-state index contributed by atoms with van der Waals surface area (Å²) in [7, 11) is 0. The van der Waals surface area contributed by atoms with Crippen LogP contribution in [-0.4, -0.2) is 66.1 Å². The van der Waals surface area contributed by atoms with E-state index in [0.717, 1.165) is 31.2 Å². The predicted octanol–water partition coefficient (Wildman–Crippen LogP) is 2.84. The fraction of sp³-hybridized carbons (Fsp3) is 0.654. The number of rotatable bonds is 16. The maximum absolute atomic E-state index is 12.8. The largest absolute Gasteiger partial charge is 0.458 e. The van der Waals surface area contributed by atoms with Crippen molar-refractivity contribution in [2.75, 3.05) is 13.2 Å². The maximum atomic E-state index is 12.8. The minimum absolute atomic E-state index is 0.0411. The number of aliphatic hydroxyl groups is 2. The Hall–Kier alpha value is -1.81. The summed E-state index contributed by atoms with van der Waals surface area (Å²) in [6, 6.07) is 8.88. The first-order valence-electron chi connectivity index (χ1n) is 12.3. The number of carbonyl (C=O) groups is 1. The van der Waals surface area contributed by atoms with Gasteiger partial charge in [0, 0.05) is 0 Å². The highest BCUT2D eigenvalue weighted by Crippen LogP contribution is 2.24. The van der Waals surface area contributed by atoms with Crippen LogP contribution in [0.2, 0.25) is 0 Å². The Labute approximate surface area is 203 Å². The average Bonchev–Trinajstić information content (AvgIpc) is 2.85. The van der Waals surface area contributed by atoms with E-state index in [9.17, 15) is 15.0 Å². The van der Waals surface area contributed by atoms with Crippen LogP contribution in [0, 0.1) is 0 Å². The van der Waals surface area contributed by atoms with E-state index in [1.165, 1.54) is 18.9 Å². The molecule has 4 N–H and O–H groups in total. The molecule has 1 heterocycles. The molecule has 0 unspecified atom stereocenters. The molecule has 0 radical (unpaired) electrons. The van der Waals surface area contributed by atoms with Gasteiger partial charge in [-0.05, 0) is 12.0 Å². The van der Waals surface area contributed by atoms with Crippen molar-refractivity contribution in [2.24, 2.45) is 5.73 Å². The Balaban J connectivity index is 1.97. The van der Waals surface area contributed by atoms with Crippen molar-refractivity contribution in [3.63, 3.8) is 0 Å². The Bertz CT molecular complexity index is 702. The highest BCUT2D eigenvalue weighted by Gasteiger charge is 2.46. The van der Waals surface area contributed by atoms with Gasteiger partial charge in [0.2, 0.25) is 0 Å². The van der Waals surface area contributed by atoms with E-state index in [1.54, 1.807) is 0 Å². The van der Waals surface area contributed by atoms with Gasteiger partial charge in [0.15, 0.2) is 12.4 Å². The number of hydrogen-bond donors (Lipinski definition) is 3. The van der Waals surface area contributed by atoms with Gasteiger partial charge in [0.05, 0.1) is 38.4 Å². The minimum Gasteiger partial charge on any atom is -0.458 e. The third-order valence-corrected chi connectivity index (χ3v) is 5.90. The smallest absolute Gasteiger partial charge is 0.308 e. The second-order valence-electron chi connectivity index (χ2n) is 8.70. The quantitative estimate of drug-likeness (QED) is 0.143. The summed E-state index contributed by atoms with van der Waals surface area (Å²) >= 11 is 0. The van der Waals surface area contributed by atoms with Gasteiger partial charge in [-0.1, -0.05) is 75.4 Å². The van der Waals surface area contributed by atoms with Crippen LogP contribution in [0.1, 0.15) is 57.4 Å². The van der Waals surface area contributed by atoms with Crippen molar-refractivity contribution < 1.29 is 34.0 Å². The molecular weight excluding hydrogens is 439 g/mol. The van der Waals surface area contributed by atoms with E-state index in [-0.39, 0.29) is 19.1 Å². The topological polar surface area (TPSA) is 120 Å². The van der Waals surface area contributed by atoms with Crippen molar-refractivity contribution in [1.29, 1.82) is 0 Å². The molecule has 1 aromatic carbocycles. The summed E-state index contributed by atoms with van der Waals surface area (Å²) < 4.78 is 22.7. The van der Waals surface area contributed by atoms with Crippen LogP contribution in [0.4, 0.5) is 0 Å². The molecule has 0 aliphatic carbocycles. The fourth-order valence-electron chi connectivity index (χ4n) is 3.94. The molecule has 1 saturated heterocycles. The molecule has 1 aromatic rings. The van der Waals surface area contributed by atoms with Crippen LogP contribution in [-0.2, 0) is 30.3 Å². The number of ether oxygens (including phenoxy) is 4. The summed E-state index contributed by atoms with van der Waals surface area (Å²) in [5.74, 6) is -0.521. The van der Waals surface area contributed by atoms with E-state index in [0.29, 0.717) is 6.61 Å². The number of carbonyl (C=O) groups excluding carboxylic acids is 1. The lowest BCUT2D eigenvalue weighted by Gasteiger charge is -2.42. The molecular formula is C26H41NO7. The Morgan fingerprint density at radius 3 is 2.65 bits per heavy atom. The van der Waals surface area contributed by atoms with E-state index >= 15 is 0 Å². The number of aliphatic hydroxyl groups excluding tert-OH is 2. The SMILES string of the molecule is C=CCO[13C@H]1O[C@H](CO)[C@@H](O)[C@H](OC(=O)C[C@@H](CCCCCCC)OCc2ccccc2)[C@H]1N. The summed E-state index contributed by atoms with van der Waals surface area (Å²) in [5, 5.41) is 20.1. The highest BCUT2D eigenvalue weighted by molar-refractivity contribution is 5.70. The number of unbranched alkanes of at least 4 members (excludes halogenated alkanes) is 4. The Kier molecular flexibility index (Phi) is 13.4. The normalized spacial score (nSPS) is 25.6. The zero-order valence-corrected chi connectivity index (χ0v) is 20.2. The van der Waals surface area contributed by atoms with Gasteiger partial charge in [-0.15, -0.1) is 6.58 Å². The second-order valence-corrected chi connectivity index (χ2v) is 8.70. The molecule has 8 heteroatoms. The second kappa shape index (κ2) is 16.0. The molecule has 0 bridgehead atoms. The first kappa shape index (κ1) is 28.4. The van der Waals surface area contributed by atoms with Crippen LogP contribution in [0.3, 0.4) is 0 Å². The highest BCUT2D eigenvalue weighted by atomic mass is 16.8. The fourth-order valence-corrected chi connectivity index (χ4v) is 3.94. The van der Waals surface area contributed by atoms with Gasteiger partial charge in [-0.2, -0.15) is 0 Å². The molecule has 0 aromatic heterocycles. The molecule has 0 spiro atoms. The monoisotopic (exact) mass is 480 g/mol. The van der Waals surface area contributed by atoms with Crippen molar-refractivity contribution in [2.45, 2.75) is 95.2 Å². The molecule has 0 amide bonds. The van der Waals surface area contributed by atoms with E-state index in [4.69, 9.17) is 24.7 Å². The molecule has 2 rings (SSSR count). The molecule has 1 fully saturated rings. The standard InChI is InChI=1S/C26H41NO7/c1-3-5-6-7-11-14-20(32-18-19-12-9-8-10-13-19)16-22(29)34-25-23(27)26(31-15-4-2)33-21(17-28)24(25)30/h4,8-10,12-13,20-21,23-26,28,30H,2-3,5-7,11,14-18,27H2,1H3/t20-,21-,23-,24-,25-,26+/m1/s1/i26+1. The zero-order valence-electron chi connectivity index (χ0n) is 20.2. The third kappa shape index (κ3) is 9.44. The van der Waals surface area contributed by atoms with Crippen molar-refractivity contribution in [1.82, 2.24) is 0 Å². The lowest BCUT2D eigenvalue weighted by atomic mass is 10.0. The van der Waals surface area contributed by atoms with Crippen LogP contribution in [0.5, 0.6) is 0 Å². The number of esters is 1. The van der Waals surface area contributed by atoms with E-state index in [2.05, 4.69) is 13.5 Å². The first-order valence-corrected chi connectivity index (χ1v) is 12.3. The summed E-state index contributed by atoms with van der Waals surface area (Å²) in [4.78, 5) is 12.8. The molecule has 8 nitrogen and oxygen atoms in total. The summed E-state index contributed by atoms with van der Waals surface area (Å²) in [5.41, 5.74) is 7.21. The molecule has 192 valence electrons. The number of benzene rings is 1.